The molecule has 13 heavy (non-hydrogen) atoms. The van der Waals surface area contributed by atoms with Gasteiger partial charge in [0.2, 0.25) is 0 Å². The molecule has 1 unspecified atom stereocenters. The summed E-state index contributed by atoms with van der Waals surface area (Å²) in [5, 5.41) is 0. The van der Waals surface area contributed by atoms with Crippen molar-refractivity contribution < 1.29 is 19.1 Å². The largest absolute Gasteiger partial charge is 0.356 e. The van der Waals surface area contributed by atoms with Gasteiger partial charge in [-0.1, -0.05) is 0 Å². The van der Waals surface area contributed by atoms with E-state index in [1.54, 1.807) is 6.92 Å². The summed E-state index contributed by atoms with van der Waals surface area (Å²) in [5.74, 6) is -0.707. The molecule has 0 spiro atoms. The van der Waals surface area contributed by atoms with Crippen LogP contribution in [0.15, 0.2) is 12.2 Å². The third kappa shape index (κ3) is 2.37. The van der Waals surface area contributed by atoms with E-state index < -0.39 is 6.29 Å². The molecular formula is C8H11NO4. The highest BCUT2D eigenvalue weighted by molar-refractivity contribution is 6.12. The third-order valence-electron chi connectivity index (χ3n) is 1.67. The fourth-order valence-corrected chi connectivity index (χ4v) is 0.806. The van der Waals surface area contributed by atoms with Crippen LogP contribution in [0.4, 0.5) is 0 Å². The number of nitrogens with zero attached hydrogens (tertiary/aromatic N) is 1. The number of methoxy groups -OCH3 is 1. The number of imide groups is 1. The van der Waals surface area contributed by atoms with Crippen LogP contribution in [0.2, 0.25) is 0 Å². The molecule has 1 aliphatic heterocycles. The number of rotatable bonds is 4. The molecule has 0 aromatic heterocycles. The summed E-state index contributed by atoms with van der Waals surface area (Å²) in [6, 6.07) is 0. The minimum absolute atomic E-state index is 0.0698. The lowest BCUT2D eigenvalue weighted by atomic mass is 10.6. The van der Waals surface area contributed by atoms with E-state index in [9.17, 15) is 9.59 Å². The summed E-state index contributed by atoms with van der Waals surface area (Å²) in [6.07, 6.45) is 1.99. The zero-order valence-electron chi connectivity index (χ0n) is 7.52. The number of amides is 2. The van der Waals surface area contributed by atoms with Crippen molar-refractivity contribution in [3.63, 3.8) is 0 Å². The molecule has 0 radical (unpaired) electrons. The summed E-state index contributed by atoms with van der Waals surface area (Å²) in [6.45, 7) is 1.61. The van der Waals surface area contributed by atoms with E-state index in [2.05, 4.69) is 0 Å². The maximum Gasteiger partial charge on any atom is 0.255 e. The van der Waals surface area contributed by atoms with Crippen LogP contribution in [-0.2, 0) is 19.1 Å². The van der Waals surface area contributed by atoms with Gasteiger partial charge in [0.1, 0.15) is 6.73 Å². The van der Waals surface area contributed by atoms with Crippen molar-refractivity contribution in [3.05, 3.63) is 12.2 Å². The lowest BCUT2D eigenvalue weighted by molar-refractivity contribution is -0.161. The lowest BCUT2D eigenvalue weighted by Crippen LogP contribution is -2.34. The number of hydrogen-bond acceptors (Lipinski definition) is 4. The van der Waals surface area contributed by atoms with E-state index in [-0.39, 0.29) is 18.5 Å². The highest BCUT2D eigenvalue weighted by Gasteiger charge is 2.23. The monoisotopic (exact) mass is 185 g/mol. The molecule has 0 bridgehead atoms. The third-order valence-corrected chi connectivity index (χ3v) is 1.67. The smallest absolute Gasteiger partial charge is 0.255 e. The van der Waals surface area contributed by atoms with Gasteiger partial charge in [0.15, 0.2) is 6.29 Å². The maximum atomic E-state index is 11.0. The molecule has 5 heteroatoms. The maximum absolute atomic E-state index is 11.0. The Hall–Kier alpha value is -1.20. The highest BCUT2D eigenvalue weighted by atomic mass is 16.7. The first-order valence-electron chi connectivity index (χ1n) is 3.83. The summed E-state index contributed by atoms with van der Waals surface area (Å²) in [7, 11) is 1.48. The minimum Gasteiger partial charge on any atom is -0.356 e. The molecule has 1 rings (SSSR count). The summed E-state index contributed by atoms with van der Waals surface area (Å²) >= 11 is 0. The Bertz CT molecular complexity index is 231. The van der Waals surface area contributed by atoms with Crippen molar-refractivity contribution in [1.29, 1.82) is 0 Å². The topological polar surface area (TPSA) is 55.8 Å². The normalized spacial score (nSPS) is 18.5. The van der Waals surface area contributed by atoms with Gasteiger partial charge in [-0.25, -0.2) is 0 Å². The van der Waals surface area contributed by atoms with Gasteiger partial charge in [-0.05, 0) is 6.92 Å². The SMILES string of the molecule is COC(C)OCN1C(=O)C=CC1=O. The zero-order chi connectivity index (χ0) is 9.84. The Morgan fingerprint density at radius 2 is 1.92 bits per heavy atom. The van der Waals surface area contributed by atoms with E-state index >= 15 is 0 Å². The fraction of sp³-hybridized carbons (Fsp3) is 0.500. The molecule has 2 amide bonds. The Labute approximate surface area is 75.9 Å². The number of ether oxygens (including phenoxy) is 2. The van der Waals surface area contributed by atoms with Crippen LogP contribution in [0.25, 0.3) is 0 Å². The molecule has 0 aromatic rings. The number of carbonyl (C=O) groups is 2. The Morgan fingerprint density at radius 1 is 1.38 bits per heavy atom. The van der Waals surface area contributed by atoms with Crippen molar-refractivity contribution in [2.45, 2.75) is 13.2 Å². The first-order chi connectivity index (χ1) is 6.15. The van der Waals surface area contributed by atoms with Crippen LogP contribution in [0, 0.1) is 0 Å². The van der Waals surface area contributed by atoms with E-state index in [1.165, 1.54) is 19.3 Å². The van der Waals surface area contributed by atoms with Crippen LogP contribution in [0.5, 0.6) is 0 Å². The Balaban J connectivity index is 2.38. The summed E-state index contributed by atoms with van der Waals surface area (Å²) < 4.78 is 9.83. The standard InChI is InChI=1S/C8H11NO4/c1-6(12-2)13-5-9-7(10)3-4-8(9)11/h3-4,6H,5H2,1-2H3. The van der Waals surface area contributed by atoms with Crippen molar-refractivity contribution >= 4 is 11.8 Å². The molecule has 1 heterocycles. The molecule has 0 aliphatic carbocycles. The van der Waals surface area contributed by atoms with Gasteiger partial charge in [0.05, 0.1) is 0 Å². The van der Waals surface area contributed by atoms with E-state index in [0.29, 0.717) is 0 Å². The van der Waals surface area contributed by atoms with Crippen LogP contribution in [0.1, 0.15) is 6.92 Å². The van der Waals surface area contributed by atoms with E-state index in [1.807, 2.05) is 0 Å². The van der Waals surface area contributed by atoms with Gasteiger partial charge in [0, 0.05) is 19.3 Å². The van der Waals surface area contributed by atoms with Crippen molar-refractivity contribution in [2.24, 2.45) is 0 Å². The first kappa shape index (κ1) is 9.88. The second kappa shape index (κ2) is 4.15. The average Bonchev–Trinajstić information content (AvgIpc) is 2.43. The lowest BCUT2D eigenvalue weighted by Gasteiger charge is -2.16. The van der Waals surface area contributed by atoms with Gasteiger partial charge in [0.25, 0.3) is 11.8 Å². The van der Waals surface area contributed by atoms with Gasteiger partial charge in [-0.3, -0.25) is 14.5 Å². The highest BCUT2D eigenvalue weighted by Crippen LogP contribution is 2.04. The van der Waals surface area contributed by atoms with Crippen molar-refractivity contribution in [2.75, 3.05) is 13.8 Å². The molecule has 0 N–H and O–H groups in total. The summed E-state index contributed by atoms with van der Waals surface area (Å²) in [5.41, 5.74) is 0. The van der Waals surface area contributed by atoms with Gasteiger partial charge in [-0.15, -0.1) is 0 Å². The van der Waals surface area contributed by atoms with Crippen LogP contribution in [-0.4, -0.2) is 36.8 Å². The quantitative estimate of drug-likeness (QED) is 0.452. The van der Waals surface area contributed by atoms with Crippen LogP contribution >= 0.6 is 0 Å². The second-order valence-corrected chi connectivity index (χ2v) is 2.54. The predicted octanol–water partition coefficient (Wildman–Crippen LogP) is -0.122. The Morgan fingerprint density at radius 3 is 2.38 bits per heavy atom. The molecule has 0 fully saturated rings. The summed E-state index contributed by atoms with van der Waals surface area (Å²) in [4.78, 5) is 23.0. The molecule has 0 saturated carbocycles. The predicted molar refractivity (Wildman–Crippen MR) is 43.4 cm³/mol. The van der Waals surface area contributed by atoms with Crippen molar-refractivity contribution in [3.8, 4) is 0 Å². The molecule has 72 valence electrons. The molecule has 1 atom stereocenters. The zero-order valence-corrected chi connectivity index (χ0v) is 7.52. The van der Waals surface area contributed by atoms with Crippen molar-refractivity contribution in [1.82, 2.24) is 4.90 Å². The van der Waals surface area contributed by atoms with Gasteiger partial charge in [-0.2, -0.15) is 0 Å². The van der Waals surface area contributed by atoms with Gasteiger partial charge < -0.3 is 9.47 Å². The molecule has 0 saturated heterocycles. The Kier molecular flexibility index (Phi) is 3.16. The number of carbonyl (C=O) groups excluding carboxylic acids is 2. The molecule has 0 aromatic carbocycles. The average molecular weight is 185 g/mol. The van der Waals surface area contributed by atoms with E-state index in [0.717, 1.165) is 4.90 Å². The molecule has 1 aliphatic rings. The number of hydrogen-bond donors (Lipinski definition) is 0. The molecule has 5 nitrogen and oxygen atoms in total. The van der Waals surface area contributed by atoms with E-state index in [4.69, 9.17) is 9.47 Å². The fourth-order valence-electron chi connectivity index (χ4n) is 0.806. The van der Waals surface area contributed by atoms with Crippen LogP contribution < -0.4 is 0 Å². The molecular weight excluding hydrogens is 174 g/mol. The van der Waals surface area contributed by atoms with Gasteiger partial charge >= 0.3 is 0 Å². The van der Waals surface area contributed by atoms with Crippen LogP contribution in [0.3, 0.4) is 0 Å². The minimum atomic E-state index is -0.429. The second-order valence-electron chi connectivity index (χ2n) is 2.54. The first-order valence-corrected chi connectivity index (χ1v) is 3.83.